The molecule has 0 radical (unpaired) electrons. The molecule has 5 heteroatoms. The van der Waals surface area contributed by atoms with E-state index in [1.807, 2.05) is 17.1 Å². The third kappa shape index (κ3) is 1.52. The number of fused-ring (bicyclic) bond motifs is 5. The fraction of sp³-hybridized carbons (Fsp3) is 0.400. The largest absolute Gasteiger partial charge is 0.465 e. The molecule has 4 rings (SSSR count). The van der Waals surface area contributed by atoms with E-state index in [1.165, 1.54) is 13.5 Å². The second-order valence-electron chi connectivity index (χ2n) is 5.52. The van der Waals surface area contributed by atoms with Crippen LogP contribution >= 0.6 is 0 Å². The zero-order valence-corrected chi connectivity index (χ0v) is 11.1. The number of ether oxygens (including phenoxy) is 1. The van der Waals surface area contributed by atoms with Crippen LogP contribution in [0, 0.1) is 11.8 Å². The number of methoxy groups -OCH3 is 1. The van der Waals surface area contributed by atoms with E-state index in [-0.39, 0.29) is 5.97 Å². The molecule has 20 heavy (non-hydrogen) atoms. The van der Waals surface area contributed by atoms with Crippen LogP contribution in [0.15, 0.2) is 46.8 Å². The summed E-state index contributed by atoms with van der Waals surface area (Å²) in [5.41, 5.74) is 1.53. The van der Waals surface area contributed by atoms with Crippen LogP contribution in [0.5, 0.6) is 0 Å². The molecule has 0 aromatic heterocycles. The number of hydrogen-bond acceptors (Lipinski definition) is 5. The average Bonchev–Trinajstić information content (AvgIpc) is 3.19. The molecular weight excluding hydrogens is 254 g/mol. The standard InChI is InChI=1S/C15H15N3O2/c1-20-15(19)9-4-6-12(7-5-9)18-14-11-3-2-10(8-11)13(14)16-17-18/h2-7,10-11,13-14H,8H2,1H3. The van der Waals surface area contributed by atoms with Crippen molar-refractivity contribution in [1.29, 1.82) is 0 Å². The molecule has 1 saturated carbocycles. The van der Waals surface area contributed by atoms with Crippen LogP contribution in [0.2, 0.25) is 0 Å². The zero-order chi connectivity index (χ0) is 13.7. The van der Waals surface area contributed by atoms with Crippen molar-refractivity contribution in [3.05, 3.63) is 42.0 Å². The highest BCUT2D eigenvalue weighted by Crippen LogP contribution is 2.47. The van der Waals surface area contributed by atoms with Crippen molar-refractivity contribution in [2.75, 3.05) is 12.1 Å². The Kier molecular flexibility index (Phi) is 2.42. The van der Waals surface area contributed by atoms with Gasteiger partial charge >= 0.3 is 5.97 Å². The number of hydrogen-bond donors (Lipinski definition) is 0. The molecule has 0 spiro atoms. The van der Waals surface area contributed by atoms with E-state index >= 15 is 0 Å². The van der Waals surface area contributed by atoms with E-state index in [0.717, 1.165) is 5.69 Å². The van der Waals surface area contributed by atoms with Gasteiger partial charge in [-0.2, -0.15) is 5.11 Å². The molecule has 102 valence electrons. The van der Waals surface area contributed by atoms with Gasteiger partial charge in [-0.1, -0.05) is 17.4 Å². The summed E-state index contributed by atoms with van der Waals surface area (Å²) in [7, 11) is 1.39. The Bertz CT molecular complexity index is 608. The molecule has 1 aromatic rings. The first-order valence-corrected chi connectivity index (χ1v) is 6.84. The molecule has 4 unspecified atom stereocenters. The lowest BCUT2D eigenvalue weighted by molar-refractivity contribution is 0.0601. The van der Waals surface area contributed by atoms with Gasteiger partial charge in [0.2, 0.25) is 0 Å². The predicted octanol–water partition coefficient (Wildman–Crippen LogP) is 2.60. The van der Waals surface area contributed by atoms with Gasteiger partial charge in [-0.05, 0) is 30.7 Å². The number of benzene rings is 1. The summed E-state index contributed by atoms with van der Waals surface area (Å²) < 4.78 is 4.71. The maximum Gasteiger partial charge on any atom is 0.337 e. The van der Waals surface area contributed by atoms with Crippen LogP contribution < -0.4 is 5.01 Å². The van der Waals surface area contributed by atoms with Crippen LogP contribution in [0.4, 0.5) is 5.69 Å². The summed E-state index contributed by atoms with van der Waals surface area (Å²) in [6.07, 6.45) is 5.75. The zero-order valence-electron chi connectivity index (χ0n) is 11.1. The van der Waals surface area contributed by atoms with Gasteiger partial charge in [-0.3, -0.25) is 0 Å². The van der Waals surface area contributed by atoms with Gasteiger partial charge in [-0.15, -0.1) is 0 Å². The van der Waals surface area contributed by atoms with Gasteiger partial charge in [0.1, 0.15) is 6.04 Å². The average molecular weight is 269 g/mol. The summed E-state index contributed by atoms with van der Waals surface area (Å²) in [6, 6.07) is 7.99. The fourth-order valence-electron chi connectivity index (χ4n) is 3.52. The first kappa shape index (κ1) is 11.6. The first-order chi connectivity index (χ1) is 9.78. The number of rotatable bonds is 2. The van der Waals surface area contributed by atoms with Gasteiger partial charge < -0.3 is 4.74 Å². The second kappa shape index (κ2) is 4.16. The first-order valence-electron chi connectivity index (χ1n) is 6.84. The highest BCUT2D eigenvalue weighted by Gasteiger charge is 2.51. The van der Waals surface area contributed by atoms with Gasteiger partial charge in [0, 0.05) is 11.8 Å². The van der Waals surface area contributed by atoms with Gasteiger partial charge in [-0.25, -0.2) is 9.80 Å². The monoisotopic (exact) mass is 269 g/mol. The number of esters is 1. The van der Waals surface area contributed by atoms with Crippen molar-refractivity contribution in [2.45, 2.75) is 18.5 Å². The quantitative estimate of drug-likeness (QED) is 0.612. The Morgan fingerprint density at radius 2 is 2.00 bits per heavy atom. The van der Waals surface area contributed by atoms with E-state index < -0.39 is 0 Å². The number of nitrogens with zero attached hydrogens (tertiary/aromatic N) is 3. The van der Waals surface area contributed by atoms with Crippen molar-refractivity contribution >= 4 is 11.7 Å². The van der Waals surface area contributed by atoms with Gasteiger partial charge in [0.25, 0.3) is 0 Å². The maximum absolute atomic E-state index is 11.4. The van der Waals surface area contributed by atoms with Crippen molar-refractivity contribution in [3.8, 4) is 0 Å². The van der Waals surface area contributed by atoms with E-state index in [4.69, 9.17) is 4.74 Å². The van der Waals surface area contributed by atoms with Crippen LogP contribution in [0.1, 0.15) is 16.8 Å². The van der Waals surface area contributed by atoms with E-state index in [9.17, 15) is 4.79 Å². The summed E-state index contributed by atoms with van der Waals surface area (Å²) in [6.45, 7) is 0. The molecule has 0 amide bonds. The van der Waals surface area contributed by atoms with Gasteiger partial charge in [0.15, 0.2) is 0 Å². The van der Waals surface area contributed by atoms with Crippen LogP contribution in [0.3, 0.4) is 0 Å². The highest BCUT2D eigenvalue weighted by molar-refractivity contribution is 5.89. The topological polar surface area (TPSA) is 54.3 Å². The summed E-state index contributed by atoms with van der Waals surface area (Å²) >= 11 is 0. The third-order valence-corrected chi connectivity index (χ3v) is 4.49. The smallest absolute Gasteiger partial charge is 0.337 e. The molecule has 4 atom stereocenters. The minimum atomic E-state index is -0.319. The second-order valence-corrected chi connectivity index (χ2v) is 5.52. The van der Waals surface area contributed by atoms with Crippen LogP contribution in [0.25, 0.3) is 0 Å². The molecule has 0 saturated heterocycles. The predicted molar refractivity (Wildman–Crippen MR) is 73.4 cm³/mol. The maximum atomic E-state index is 11.4. The molecule has 1 heterocycles. The van der Waals surface area contributed by atoms with E-state index in [0.29, 0.717) is 29.5 Å². The van der Waals surface area contributed by atoms with Crippen molar-refractivity contribution in [1.82, 2.24) is 0 Å². The third-order valence-electron chi connectivity index (χ3n) is 4.49. The Hall–Kier alpha value is -2.17. The lowest BCUT2D eigenvalue weighted by atomic mass is 9.96. The molecule has 3 aliphatic rings. The summed E-state index contributed by atoms with van der Waals surface area (Å²) in [5.74, 6) is 0.772. The molecular formula is C15H15N3O2. The molecule has 2 aliphatic carbocycles. The molecule has 1 aliphatic heterocycles. The molecule has 0 N–H and O–H groups in total. The Morgan fingerprint density at radius 1 is 1.25 bits per heavy atom. The lowest BCUT2D eigenvalue weighted by Crippen LogP contribution is -2.37. The SMILES string of the molecule is COC(=O)c1ccc(N2N=NC3C4C=CC(C4)C32)cc1. The Morgan fingerprint density at radius 3 is 2.75 bits per heavy atom. The van der Waals surface area contributed by atoms with Crippen LogP contribution in [-0.2, 0) is 4.74 Å². The lowest BCUT2D eigenvalue weighted by Gasteiger charge is -2.26. The van der Waals surface area contributed by atoms with Gasteiger partial charge in [0.05, 0.1) is 24.4 Å². The van der Waals surface area contributed by atoms with E-state index in [2.05, 4.69) is 22.5 Å². The fourth-order valence-corrected chi connectivity index (χ4v) is 3.52. The minimum absolute atomic E-state index is 0.297. The molecule has 5 nitrogen and oxygen atoms in total. The molecule has 1 aromatic carbocycles. The number of carbonyl (C=O) groups is 1. The number of carbonyl (C=O) groups excluding carboxylic acids is 1. The van der Waals surface area contributed by atoms with Crippen molar-refractivity contribution in [3.63, 3.8) is 0 Å². The number of anilines is 1. The Balaban J connectivity index is 1.61. The van der Waals surface area contributed by atoms with Crippen molar-refractivity contribution in [2.24, 2.45) is 22.2 Å². The summed E-state index contributed by atoms with van der Waals surface area (Å²) in [5, 5.41) is 10.7. The highest BCUT2D eigenvalue weighted by atomic mass is 16.5. The normalized spacial score (nSPS) is 32.8. The van der Waals surface area contributed by atoms with E-state index in [1.54, 1.807) is 12.1 Å². The summed E-state index contributed by atoms with van der Waals surface area (Å²) in [4.78, 5) is 11.4. The van der Waals surface area contributed by atoms with Crippen molar-refractivity contribution < 1.29 is 9.53 Å². The van der Waals surface area contributed by atoms with Crippen LogP contribution in [-0.4, -0.2) is 25.2 Å². The minimum Gasteiger partial charge on any atom is -0.465 e. The molecule has 1 fully saturated rings. The Labute approximate surface area is 116 Å². The molecule has 2 bridgehead atoms.